The van der Waals surface area contributed by atoms with Crippen molar-refractivity contribution in [3.63, 3.8) is 0 Å². The number of carbonyl (C=O) groups excluding carboxylic acids is 1. The fraction of sp³-hybridized carbons (Fsp3) is 0.286. The molecule has 0 aliphatic rings. The maximum atomic E-state index is 12.4. The van der Waals surface area contributed by atoms with Gasteiger partial charge in [0.25, 0.3) is 5.91 Å². The van der Waals surface area contributed by atoms with Crippen LogP contribution in [0.15, 0.2) is 22.7 Å². The summed E-state index contributed by atoms with van der Waals surface area (Å²) in [6.45, 7) is 6.27. The molecule has 5 nitrogen and oxygen atoms in total. The minimum atomic E-state index is -0.253. The van der Waals surface area contributed by atoms with E-state index in [4.69, 9.17) is 5.73 Å². The Morgan fingerprint density at radius 1 is 1.45 bits per heavy atom. The fourth-order valence-corrected chi connectivity index (χ4v) is 2.35. The lowest BCUT2D eigenvalue weighted by Crippen LogP contribution is -2.19. The summed E-state index contributed by atoms with van der Waals surface area (Å²) in [6, 6.07) is 5.70. The molecule has 6 heteroatoms. The molecule has 0 unspecified atom stereocenters. The van der Waals surface area contributed by atoms with Gasteiger partial charge in [0.1, 0.15) is 5.69 Å². The lowest BCUT2D eigenvalue weighted by atomic mass is 10.2. The molecule has 1 aromatic carbocycles. The Morgan fingerprint density at radius 3 is 2.80 bits per heavy atom. The van der Waals surface area contributed by atoms with Crippen molar-refractivity contribution in [1.82, 2.24) is 9.78 Å². The monoisotopic (exact) mass is 336 g/mol. The predicted molar refractivity (Wildman–Crippen MR) is 83.9 cm³/mol. The van der Waals surface area contributed by atoms with Crippen molar-refractivity contribution in [3.05, 3.63) is 39.6 Å². The molecule has 0 spiro atoms. The van der Waals surface area contributed by atoms with Crippen molar-refractivity contribution >= 4 is 33.2 Å². The molecule has 20 heavy (non-hydrogen) atoms. The number of halogens is 1. The molecule has 0 bridgehead atoms. The smallest absolute Gasteiger partial charge is 0.276 e. The third-order valence-corrected chi connectivity index (χ3v) is 4.18. The van der Waals surface area contributed by atoms with Gasteiger partial charge in [0, 0.05) is 11.0 Å². The third-order valence-electron chi connectivity index (χ3n) is 3.13. The van der Waals surface area contributed by atoms with Gasteiger partial charge in [-0.3, -0.25) is 9.48 Å². The summed E-state index contributed by atoms with van der Waals surface area (Å²) in [7, 11) is 0. The van der Waals surface area contributed by atoms with Crippen LogP contribution in [0.5, 0.6) is 0 Å². The maximum Gasteiger partial charge on any atom is 0.276 e. The van der Waals surface area contributed by atoms with E-state index in [1.165, 1.54) is 0 Å². The number of aromatic nitrogens is 2. The molecule has 2 aromatic rings. The number of anilines is 2. The van der Waals surface area contributed by atoms with E-state index in [-0.39, 0.29) is 5.91 Å². The number of hydrogen-bond donors (Lipinski definition) is 2. The summed E-state index contributed by atoms with van der Waals surface area (Å²) in [5.74, 6) is -0.253. The first-order chi connectivity index (χ1) is 9.45. The number of nitrogen functional groups attached to an aromatic ring is 1. The SMILES string of the molecule is CCn1nc(C)c(N)c1C(=O)Nc1cccc(C)c1Br. The van der Waals surface area contributed by atoms with E-state index in [1.54, 1.807) is 11.6 Å². The number of nitrogens with two attached hydrogens (primary N) is 1. The Morgan fingerprint density at radius 2 is 2.15 bits per heavy atom. The number of rotatable bonds is 3. The van der Waals surface area contributed by atoms with Crippen LogP contribution in [0.2, 0.25) is 0 Å². The van der Waals surface area contributed by atoms with Gasteiger partial charge in [-0.25, -0.2) is 0 Å². The van der Waals surface area contributed by atoms with Gasteiger partial charge in [0.05, 0.1) is 17.1 Å². The average molecular weight is 337 g/mol. The van der Waals surface area contributed by atoms with Crippen LogP contribution in [-0.4, -0.2) is 15.7 Å². The summed E-state index contributed by atoms with van der Waals surface area (Å²) >= 11 is 3.47. The first kappa shape index (κ1) is 14.6. The van der Waals surface area contributed by atoms with Crippen molar-refractivity contribution in [2.75, 3.05) is 11.1 Å². The molecule has 1 heterocycles. The zero-order chi connectivity index (χ0) is 14.9. The van der Waals surface area contributed by atoms with Crippen molar-refractivity contribution in [2.45, 2.75) is 27.3 Å². The molecule has 3 N–H and O–H groups in total. The van der Waals surface area contributed by atoms with E-state index in [9.17, 15) is 4.79 Å². The van der Waals surface area contributed by atoms with E-state index in [0.717, 1.165) is 15.7 Å². The molecule has 106 valence electrons. The van der Waals surface area contributed by atoms with Crippen molar-refractivity contribution in [3.8, 4) is 0 Å². The van der Waals surface area contributed by atoms with Crippen LogP contribution in [0.1, 0.15) is 28.7 Å². The van der Waals surface area contributed by atoms with Gasteiger partial charge in [0.15, 0.2) is 0 Å². The third kappa shape index (κ3) is 2.56. The first-order valence-electron chi connectivity index (χ1n) is 6.35. The van der Waals surface area contributed by atoms with E-state index >= 15 is 0 Å². The zero-order valence-corrected chi connectivity index (χ0v) is 13.3. The normalized spacial score (nSPS) is 10.6. The number of amides is 1. The summed E-state index contributed by atoms with van der Waals surface area (Å²) in [6.07, 6.45) is 0. The molecule has 0 aliphatic carbocycles. The Bertz CT molecular complexity index is 663. The predicted octanol–water partition coefficient (Wildman–Crippen LogP) is 3.12. The van der Waals surface area contributed by atoms with Crippen LogP contribution < -0.4 is 11.1 Å². The first-order valence-corrected chi connectivity index (χ1v) is 7.14. The topological polar surface area (TPSA) is 72.9 Å². The largest absolute Gasteiger partial charge is 0.395 e. The maximum absolute atomic E-state index is 12.4. The summed E-state index contributed by atoms with van der Waals surface area (Å²) in [4.78, 5) is 12.4. The van der Waals surface area contributed by atoms with Gasteiger partial charge in [-0.1, -0.05) is 12.1 Å². The van der Waals surface area contributed by atoms with Crippen LogP contribution in [-0.2, 0) is 6.54 Å². The number of aryl methyl sites for hydroxylation is 3. The van der Waals surface area contributed by atoms with E-state index in [2.05, 4.69) is 26.3 Å². The van der Waals surface area contributed by atoms with Gasteiger partial charge in [-0.15, -0.1) is 0 Å². The number of carbonyl (C=O) groups is 1. The molecule has 0 fully saturated rings. The van der Waals surface area contributed by atoms with Crippen molar-refractivity contribution in [1.29, 1.82) is 0 Å². The average Bonchev–Trinajstić information content (AvgIpc) is 2.70. The van der Waals surface area contributed by atoms with E-state index in [0.29, 0.717) is 23.6 Å². The Kier molecular flexibility index (Phi) is 4.13. The van der Waals surface area contributed by atoms with Crippen LogP contribution in [0.25, 0.3) is 0 Å². The number of nitrogens with one attached hydrogen (secondary N) is 1. The van der Waals surface area contributed by atoms with Crippen LogP contribution >= 0.6 is 15.9 Å². The molecule has 0 saturated carbocycles. The minimum absolute atomic E-state index is 0.253. The number of hydrogen-bond acceptors (Lipinski definition) is 3. The second-order valence-electron chi connectivity index (χ2n) is 4.55. The highest BCUT2D eigenvalue weighted by molar-refractivity contribution is 9.10. The van der Waals surface area contributed by atoms with Gasteiger partial charge < -0.3 is 11.1 Å². The van der Waals surface area contributed by atoms with Crippen LogP contribution in [0, 0.1) is 13.8 Å². The highest BCUT2D eigenvalue weighted by Crippen LogP contribution is 2.27. The summed E-state index contributed by atoms with van der Waals surface area (Å²) in [5, 5.41) is 7.12. The number of benzene rings is 1. The summed E-state index contributed by atoms with van der Waals surface area (Å²) in [5.41, 5.74) is 9.21. The van der Waals surface area contributed by atoms with Gasteiger partial charge >= 0.3 is 0 Å². The van der Waals surface area contributed by atoms with E-state index < -0.39 is 0 Å². The lowest BCUT2D eigenvalue weighted by Gasteiger charge is -2.10. The Labute approximate surface area is 126 Å². The lowest BCUT2D eigenvalue weighted by molar-refractivity contribution is 0.101. The quantitative estimate of drug-likeness (QED) is 0.904. The standard InChI is InChI=1S/C14H17BrN4O/c1-4-19-13(12(16)9(3)18-19)14(20)17-10-7-5-6-8(2)11(10)15/h5-7H,4,16H2,1-3H3,(H,17,20). The van der Waals surface area contributed by atoms with Gasteiger partial charge in [0.2, 0.25) is 0 Å². The van der Waals surface area contributed by atoms with Crippen molar-refractivity contribution in [2.24, 2.45) is 0 Å². The molecule has 0 atom stereocenters. The van der Waals surface area contributed by atoms with Gasteiger partial charge in [-0.05, 0) is 48.3 Å². The molecule has 1 amide bonds. The molecule has 0 aliphatic heterocycles. The molecular weight excluding hydrogens is 320 g/mol. The Balaban J connectivity index is 2.36. The molecular formula is C14H17BrN4O. The van der Waals surface area contributed by atoms with E-state index in [1.807, 2.05) is 32.0 Å². The summed E-state index contributed by atoms with van der Waals surface area (Å²) < 4.78 is 2.48. The molecule has 0 saturated heterocycles. The van der Waals surface area contributed by atoms with Crippen LogP contribution in [0.4, 0.5) is 11.4 Å². The number of nitrogens with zero attached hydrogens (tertiary/aromatic N) is 2. The second kappa shape index (κ2) is 5.66. The molecule has 1 aromatic heterocycles. The second-order valence-corrected chi connectivity index (χ2v) is 5.35. The Hall–Kier alpha value is -1.82. The zero-order valence-electron chi connectivity index (χ0n) is 11.7. The minimum Gasteiger partial charge on any atom is -0.395 e. The van der Waals surface area contributed by atoms with Gasteiger partial charge in [-0.2, -0.15) is 5.10 Å². The highest BCUT2D eigenvalue weighted by atomic mass is 79.9. The molecule has 2 rings (SSSR count). The van der Waals surface area contributed by atoms with Crippen LogP contribution in [0.3, 0.4) is 0 Å². The van der Waals surface area contributed by atoms with Crippen molar-refractivity contribution < 1.29 is 4.79 Å². The molecule has 0 radical (unpaired) electrons. The fourth-order valence-electron chi connectivity index (χ4n) is 1.99. The highest BCUT2D eigenvalue weighted by Gasteiger charge is 2.19.